The highest BCUT2D eigenvalue weighted by atomic mass is 16.5. The summed E-state index contributed by atoms with van der Waals surface area (Å²) >= 11 is 0. The predicted molar refractivity (Wildman–Crippen MR) is 80.9 cm³/mol. The number of rotatable bonds is 5. The molecule has 1 unspecified atom stereocenters. The zero-order chi connectivity index (χ0) is 14.7. The lowest BCUT2D eigenvalue weighted by molar-refractivity contribution is 0.334. The minimum Gasteiger partial charge on any atom is -0.494 e. The fourth-order valence-electron chi connectivity index (χ4n) is 2.52. The zero-order valence-corrected chi connectivity index (χ0v) is 12.7. The summed E-state index contributed by atoms with van der Waals surface area (Å²) in [7, 11) is 1.96. The van der Waals surface area contributed by atoms with Crippen molar-refractivity contribution in [3.05, 3.63) is 46.8 Å². The Morgan fingerprint density at radius 1 is 1.30 bits per heavy atom. The Hall–Kier alpha value is -1.81. The maximum atomic E-state index is 6.39. The summed E-state index contributed by atoms with van der Waals surface area (Å²) in [6, 6.07) is 7.90. The van der Waals surface area contributed by atoms with E-state index in [-0.39, 0.29) is 6.04 Å². The molecule has 0 bridgehead atoms. The molecule has 108 valence electrons. The number of ether oxygens (including phenoxy) is 1. The van der Waals surface area contributed by atoms with E-state index in [2.05, 4.69) is 12.0 Å². The molecule has 0 amide bonds. The van der Waals surface area contributed by atoms with Crippen LogP contribution in [0.3, 0.4) is 0 Å². The number of para-hydroxylation sites is 1. The Bertz CT molecular complexity index is 589. The molecule has 1 heterocycles. The average Bonchev–Trinajstić information content (AvgIpc) is 2.66. The van der Waals surface area contributed by atoms with E-state index in [0.717, 1.165) is 23.4 Å². The molecule has 1 atom stereocenters. The third kappa shape index (κ3) is 2.85. The Kier molecular flexibility index (Phi) is 4.45. The molecular weight excluding hydrogens is 250 g/mol. The SMILES string of the molecule is CCOc1ccccc1C(N)Cc1c(C)nn(C)c1C. The lowest BCUT2D eigenvalue weighted by Gasteiger charge is -2.16. The highest BCUT2D eigenvalue weighted by Gasteiger charge is 2.17. The van der Waals surface area contributed by atoms with E-state index in [1.54, 1.807) is 0 Å². The molecule has 1 aromatic carbocycles. The van der Waals surface area contributed by atoms with Crippen LogP contribution < -0.4 is 10.5 Å². The number of aromatic nitrogens is 2. The summed E-state index contributed by atoms with van der Waals surface area (Å²) in [6.45, 7) is 6.74. The molecule has 0 saturated heterocycles. The highest BCUT2D eigenvalue weighted by molar-refractivity contribution is 5.37. The van der Waals surface area contributed by atoms with Gasteiger partial charge in [-0.25, -0.2) is 0 Å². The second kappa shape index (κ2) is 6.09. The molecule has 1 aromatic heterocycles. The van der Waals surface area contributed by atoms with Crippen LogP contribution in [0.15, 0.2) is 24.3 Å². The van der Waals surface area contributed by atoms with E-state index in [4.69, 9.17) is 10.5 Å². The molecule has 0 aliphatic carbocycles. The van der Waals surface area contributed by atoms with Crippen molar-refractivity contribution in [1.29, 1.82) is 0 Å². The lowest BCUT2D eigenvalue weighted by atomic mass is 9.98. The van der Waals surface area contributed by atoms with Crippen LogP contribution in [-0.4, -0.2) is 16.4 Å². The van der Waals surface area contributed by atoms with E-state index in [0.29, 0.717) is 6.61 Å². The lowest BCUT2D eigenvalue weighted by Crippen LogP contribution is -2.15. The van der Waals surface area contributed by atoms with Crippen molar-refractivity contribution < 1.29 is 4.74 Å². The minimum atomic E-state index is -0.0839. The average molecular weight is 273 g/mol. The Labute approximate surface area is 120 Å². The van der Waals surface area contributed by atoms with Crippen LogP contribution >= 0.6 is 0 Å². The van der Waals surface area contributed by atoms with Crippen molar-refractivity contribution in [3.63, 3.8) is 0 Å². The van der Waals surface area contributed by atoms with Crippen LogP contribution in [0.1, 0.15) is 35.5 Å². The fraction of sp³-hybridized carbons (Fsp3) is 0.438. The molecule has 20 heavy (non-hydrogen) atoms. The van der Waals surface area contributed by atoms with Gasteiger partial charge in [-0.15, -0.1) is 0 Å². The van der Waals surface area contributed by atoms with Crippen molar-refractivity contribution in [1.82, 2.24) is 9.78 Å². The van der Waals surface area contributed by atoms with E-state index < -0.39 is 0 Å². The normalized spacial score (nSPS) is 12.4. The van der Waals surface area contributed by atoms with Gasteiger partial charge in [0.05, 0.1) is 12.3 Å². The first-order valence-corrected chi connectivity index (χ1v) is 7.01. The first-order chi connectivity index (χ1) is 9.54. The largest absolute Gasteiger partial charge is 0.494 e. The first kappa shape index (κ1) is 14.6. The number of aryl methyl sites for hydroxylation is 2. The summed E-state index contributed by atoms with van der Waals surface area (Å²) in [5.74, 6) is 0.877. The topological polar surface area (TPSA) is 53.1 Å². The van der Waals surface area contributed by atoms with Gasteiger partial charge in [0.1, 0.15) is 5.75 Å². The molecule has 0 aliphatic heterocycles. The summed E-state index contributed by atoms with van der Waals surface area (Å²) in [4.78, 5) is 0. The number of hydrogen-bond donors (Lipinski definition) is 1. The maximum absolute atomic E-state index is 6.39. The van der Waals surface area contributed by atoms with Crippen LogP contribution in [0.25, 0.3) is 0 Å². The zero-order valence-electron chi connectivity index (χ0n) is 12.7. The molecule has 0 spiro atoms. The summed E-state index contributed by atoms with van der Waals surface area (Å²) in [6.07, 6.45) is 0.773. The monoisotopic (exact) mass is 273 g/mol. The summed E-state index contributed by atoms with van der Waals surface area (Å²) < 4.78 is 7.57. The van der Waals surface area contributed by atoms with Gasteiger partial charge >= 0.3 is 0 Å². The second-order valence-electron chi connectivity index (χ2n) is 5.05. The quantitative estimate of drug-likeness (QED) is 0.911. The molecule has 2 aromatic rings. The number of nitrogens with zero attached hydrogens (tertiary/aromatic N) is 2. The van der Waals surface area contributed by atoms with E-state index in [9.17, 15) is 0 Å². The first-order valence-electron chi connectivity index (χ1n) is 7.01. The number of benzene rings is 1. The van der Waals surface area contributed by atoms with Crippen molar-refractivity contribution in [2.45, 2.75) is 33.2 Å². The smallest absolute Gasteiger partial charge is 0.124 e. The highest BCUT2D eigenvalue weighted by Crippen LogP contribution is 2.27. The molecule has 0 radical (unpaired) electrons. The van der Waals surface area contributed by atoms with Gasteiger partial charge in [-0.2, -0.15) is 5.10 Å². The molecule has 2 rings (SSSR count). The Morgan fingerprint density at radius 2 is 2.00 bits per heavy atom. The summed E-state index contributed by atoms with van der Waals surface area (Å²) in [5.41, 5.74) is 10.9. The van der Waals surface area contributed by atoms with Gasteiger partial charge in [0, 0.05) is 24.3 Å². The van der Waals surface area contributed by atoms with Gasteiger partial charge in [0.15, 0.2) is 0 Å². The molecule has 0 saturated carbocycles. The van der Waals surface area contributed by atoms with Crippen LogP contribution in [0.2, 0.25) is 0 Å². The van der Waals surface area contributed by atoms with Gasteiger partial charge < -0.3 is 10.5 Å². The standard InChI is InChI=1S/C16H23N3O/c1-5-20-16-9-7-6-8-13(16)15(17)10-14-11(2)18-19(4)12(14)3/h6-9,15H,5,10,17H2,1-4H3. The molecule has 4 heteroatoms. The second-order valence-corrected chi connectivity index (χ2v) is 5.05. The molecule has 0 fully saturated rings. The number of hydrogen-bond acceptors (Lipinski definition) is 3. The Balaban J connectivity index is 2.26. The van der Waals surface area contributed by atoms with E-state index >= 15 is 0 Å². The van der Waals surface area contributed by atoms with Crippen molar-refractivity contribution in [2.24, 2.45) is 12.8 Å². The predicted octanol–water partition coefficient (Wildman–Crippen LogP) is 2.68. The summed E-state index contributed by atoms with van der Waals surface area (Å²) in [5, 5.41) is 4.45. The molecular formula is C16H23N3O. The van der Waals surface area contributed by atoms with Gasteiger partial charge in [-0.05, 0) is 38.8 Å². The molecule has 2 N–H and O–H groups in total. The van der Waals surface area contributed by atoms with Crippen LogP contribution in [0, 0.1) is 13.8 Å². The van der Waals surface area contributed by atoms with Crippen molar-refractivity contribution in [3.8, 4) is 5.75 Å². The molecule has 0 aliphatic rings. The number of nitrogens with two attached hydrogens (primary N) is 1. The van der Waals surface area contributed by atoms with Gasteiger partial charge in [0.25, 0.3) is 0 Å². The van der Waals surface area contributed by atoms with Crippen molar-refractivity contribution in [2.75, 3.05) is 6.61 Å². The minimum absolute atomic E-state index is 0.0839. The van der Waals surface area contributed by atoms with Crippen molar-refractivity contribution >= 4 is 0 Å². The Morgan fingerprint density at radius 3 is 2.60 bits per heavy atom. The van der Waals surface area contributed by atoms with Crippen LogP contribution in [0.4, 0.5) is 0 Å². The fourth-order valence-corrected chi connectivity index (χ4v) is 2.52. The molecule has 4 nitrogen and oxygen atoms in total. The third-order valence-corrected chi connectivity index (χ3v) is 3.70. The van der Waals surface area contributed by atoms with Gasteiger partial charge in [-0.1, -0.05) is 18.2 Å². The third-order valence-electron chi connectivity index (χ3n) is 3.70. The van der Waals surface area contributed by atoms with E-state index in [1.165, 1.54) is 11.3 Å². The maximum Gasteiger partial charge on any atom is 0.124 e. The van der Waals surface area contributed by atoms with Crippen LogP contribution in [0.5, 0.6) is 5.75 Å². The van der Waals surface area contributed by atoms with Crippen LogP contribution in [-0.2, 0) is 13.5 Å². The van der Waals surface area contributed by atoms with Gasteiger partial charge in [0.2, 0.25) is 0 Å². The van der Waals surface area contributed by atoms with E-state index in [1.807, 2.05) is 49.8 Å². The van der Waals surface area contributed by atoms with Gasteiger partial charge in [-0.3, -0.25) is 4.68 Å².